The van der Waals surface area contributed by atoms with Gasteiger partial charge < -0.3 is 8.71 Å². The fourth-order valence-electron chi connectivity index (χ4n) is 0.333. The van der Waals surface area contributed by atoms with Gasteiger partial charge in [-0.25, -0.2) is 0 Å². The van der Waals surface area contributed by atoms with Gasteiger partial charge in [0.05, 0.1) is 6.26 Å². The summed E-state index contributed by atoms with van der Waals surface area (Å²) in [4.78, 5) is 3.32. The largest absolute Gasteiger partial charge is 0.369 e. The van der Waals surface area contributed by atoms with E-state index in [-0.39, 0.29) is 6.01 Å². The molecule has 0 radical (unpaired) electrons. The van der Waals surface area contributed by atoms with Gasteiger partial charge in [-0.3, -0.25) is 0 Å². The van der Waals surface area contributed by atoms with Crippen molar-refractivity contribution < 1.29 is 17.1 Å². The van der Waals surface area contributed by atoms with Crippen molar-refractivity contribution in [2.75, 3.05) is 6.26 Å². The van der Waals surface area contributed by atoms with Crippen LogP contribution in [0, 0.1) is 0 Å². The van der Waals surface area contributed by atoms with Crippen molar-refractivity contribution in [1.29, 1.82) is 0 Å². The molecule has 0 fully saturated rings. The average Bonchev–Trinajstić information content (AvgIpc) is 2.12. The molecule has 0 bridgehead atoms. The summed E-state index contributed by atoms with van der Waals surface area (Å²) < 4.78 is 29.1. The third-order valence-corrected chi connectivity index (χ3v) is 1.02. The molecule has 0 aliphatic heterocycles. The first kappa shape index (κ1) is 7.00. The third kappa shape index (κ3) is 2.02. The molecule has 1 heterocycles. The smallest absolute Gasteiger partial charge is 0.341 e. The van der Waals surface area contributed by atoms with Gasteiger partial charge in [0.15, 0.2) is 0 Å². The summed E-state index contributed by atoms with van der Waals surface area (Å²) in [5, 5.41) is 3.11. The van der Waals surface area contributed by atoms with Crippen LogP contribution in [0.25, 0.3) is 0 Å². The van der Waals surface area contributed by atoms with Gasteiger partial charge in [0.2, 0.25) is 6.39 Å². The Morgan fingerprint density at radius 3 is 2.80 bits per heavy atom. The lowest BCUT2D eigenvalue weighted by Gasteiger charge is -1.91. The Morgan fingerprint density at radius 1 is 1.70 bits per heavy atom. The van der Waals surface area contributed by atoms with Crippen LogP contribution in [0.5, 0.6) is 6.01 Å². The summed E-state index contributed by atoms with van der Waals surface area (Å²) in [6, 6.07) is -0.303. The van der Waals surface area contributed by atoms with E-state index in [4.69, 9.17) is 0 Å². The molecule has 1 rings (SSSR count). The average molecular weight is 164 g/mol. The van der Waals surface area contributed by atoms with Gasteiger partial charge in [-0.1, -0.05) is 0 Å². The summed E-state index contributed by atoms with van der Waals surface area (Å²) in [5.74, 6) is 0. The van der Waals surface area contributed by atoms with Crippen LogP contribution >= 0.6 is 0 Å². The zero-order valence-electron chi connectivity index (χ0n) is 5.01. The van der Waals surface area contributed by atoms with Crippen LogP contribution in [0.1, 0.15) is 0 Å². The molecule has 0 aliphatic rings. The first-order valence-corrected chi connectivity index (χ1v) is 4.05. The highest BCUT2D eigenvalue weighted by Crippen LogP contribution is 2.00. The SMILES string of the molecule is CS(=O)(=O)Oc1ncon1. The van der Waals surface area contributed by atoms with Crippen LogP contribution in [0.15, 0.2) is 10.9 Å². The number of rotatable bonds is 2. The van der Waals surface area contributed by atoms with Gasteiger partial charge in [-0.05, 0) is 5.16 Å². The van der Waals surface area contributed by atoms with Crippen molar-refractivity contribution in [1.82, 2.24) is 10.1 Å². The number of hydrogen-bond donors (Lipinski definition) is 0. The Bertz CT molecular complexity index is 288. The van der Waals surface area contributed by atoms with Gasteiger partial charge in [-0.2, -0.15) is 13.4 Å². The van der Waals surface area contributed by atoms with E-state index in [1.807, 2.05) is 0 Å². The first-order chi connectivity index (χ1) is 4.58. The molecule has 7 heteroatoms. The fourth-order valence-corrected chi connectivity index (χ4v) is 0.677. The Hall–Kier alpha value is -1.11. The molecule has 0 saturated heterocycles. The van der Waals surface area contributed by atoms with E-state index in [1.165, 1.54) is 0 Å². The second-order valence-electron chi connectivity index (χ2n) is 1.50. The van der Waals surface area contributed by atoms with Gasteiger partial charge in [0, 0.05) is 0 Å². The molecule has 1 aromatic heterocycles. The van der Waals surface area contributed by atoms with Gasteiger partial charge >= 0.3 is 16.1 Å². The van der Waals surface area contributed by atoms with Crippen molar-refractivity contribution in [3.05, 3.63) is 6.39 Å². The van der Waals surface area contributed by atoms with E-state index in [9.17, 15) is 8.42 Å². The Morgan fingerprint density at radius 2 is 2.40 bits per heavy atom. The standard InChI is InChI=1S/C3H4N2O4S/c1-10(6,7)9-3-4-2-8-5-3/h2H,1H3. The third-order valence-electron chi connectivity index (χ3n) is 0.567. The molecule has 0 spiro atoms. The summed E-state index contributed by atoms with van der Waals surface area (Å²) >= 11 is 0. The lowest BCUT2D eigenvalue weighted by Crippen LogP contribution is -2.06. The molecule has 0 saturated carbocycles. The fraction of sp³-hybridized carbons (Fsp3) is 0.333. The predicted molar refractivity (Wildman–Crippen MR) is 29.8 cm³/mol. The van der Waals surface area contributed by atoms with Gasteiger partial charge in [0.25, 0.3) is 0 Å². The van der Waals surface area contributed by atoms with Crippen molar-refractivity contribution in [3.8, 4) is 6.01 Å². The maximum Gasteiger partial charge on any atom is 0.369 e. The normalized spacial score (nSPS) is 11.3. The van der Waals surface area contributed by atoms with Crippen LogP contribution in [-0.4, -0.2) is 24.8 Å². The van der Waals surface area contributed by atoms with Crippen molar-refractivity contribution in [2.45, 2.75) is 0 Å². The molecule has 0 aromatic carbocycles. The second kappa shape index (κ2) is 2.25. The zero-order chi connectivity index (χ0) is 7.61. The Balaban J connectivity index is 2.75. The predicted octanol–water partition coefficient (Wildman–Crippen LogP) is -0.592. The monoisotopic (exact) mass is 164 g/mol. The molecule has 0 aliphatic carbocycles. The maximum absolute atomic E-state index is 10.4. The van der Waals surface area contributed by atoms with Crippen LogP contribution < -0.4 is 4.18 Å². The van der Waals surface area contributed by atoms with E-state index in [0.717, 1.165) is 12.6 Å². The van der Waals surface area contributed by atoms with Crippen LogP contribution in [0.3, 0.4) is 0 Å². The molecule has 0 atom stereocenters. The molecule has 10 heavy (non-hydrogen) atoms. The number of nitrogens with zero attached hydrogens (tertiary/aromatic N) is 2. The van der Waals surface area contributed by atoms with Gasteiger partial charge in [0.1, 0.15) is 0 Å². The molecule has 56 valence electrons. The zero-order valence-corrected chi connectivity index (χ0v) is 5.83. The summed E-state index contributed by atoms with van der Waals surface area (Å²) in [7, 11) is -3.53. The topological polar surface area (TPSA) is 82.3 Å². The van der Waals surface area contributed by atoms with E-state index < -0.39 is 10.1 Å². The highest BCUT2D eigenvalue weighted by molar-refractivity contribution is 7.86. The van der Waals surface area contributed by atoms with Crippen molar-refractivity contribution >= 4 is 10.1 Å². The van der Waals surface area contributed by atoms with Crippen molar-refractivity contribution in [3.63, 3.8) is 0 Å². The highest BCUT2D eigenvalue weighted by Gasteiger charge is 2.06. The highest BCUT2D eigenvalue weighted by atomic mass is 32.2. The van der Waals surface area contributed by atoms with E-state index >= 15 is 0 Å². The van der Waals surface area contributed by atoms with Crippen LogP contribution in [0.4, 0.5) is 0 Å². The molecule has 6 nitrogen and oxygen atoms in total. The Labute approximate surface area is 56.9 Å². The molecule has 0 unspecified atom stereocenters. The molecular formula is C3H4N2O4S. The lowest BCUT2D eigenvalue weighted by atomic mass is 11.2. The maximum atomic E-state index is 10.4. The van der Waals surface area contributed by atoms with E-state index in [2.05, 4.69) is 18.8 Å². The molecule has 1 aromatic rings. The summed E-state index contributed by atoms with van der Waals surface area (Å²) in [6.07, 6.45) is 1.86. The second-order valence-corrected chi connectivity index (χ2v) is 3.08. The van der Waals surface area contributed by atoms with Crippen LogP contribution in [0.2, 0.25) is 0 Å². The summed E-state index contributed by atoms with van der Waals surface area (Å²) in [5.41, 5.74) is 0. The van der Waals surface area contributed by atoms with Crippen LogP contribution in [-0.2, 0) is 10.1 Å². The molecular weight excluding hydrogens is 160 g/mol. The molecule has 0 amide bonds. The van der Waals surface area contributed by atoms with E-state index in [1.54, 1.807) is 0 Å². The lowest BCUT2D eigenvalue weighted by molar-refractivity contribution is 0.384. The quantitative estimate of drug-likeness (QED) is 0.543. The molecule has 0 N–H and O–H groups in total. The Kier molecular flexibility index (Phi) is 1.58. The first-order valence-electron chi connectivity index (χ1n) is 2.24. The number of hydrogen-bond acceptors (Lipinski definition) is 6. The minimum atomic E-state index is -3.53. The number of aromatic nitrogens is 2. The minimum Gasteiger partial charge on any atom is -0.341 e. The van der Waals surface area contributed by atoms with E-state index in [0.29, 0.717) is 0 Å². The minimum absolute atomic E-state index is 0.303. The summed E-state index contributed by atoms with van der Waals surface area (Å²) in [6.45, 7) is 0. The van der Waals surface area contributed by atoms with Gasteiger partial charge in [-0.15, -0.1) is 0 Å². The van der Waals surface area contributed by atoms with Crippen molar-refractivity contribution in [2.24, 2.45) is 0 Å².